The molecular weight excluding hydrogens is 261 g/mol. The molecule has 0 aromatic heterocycles. The van der Waals surface area contributed by atoms with Crippen molar-refractivity contribution in [3.8, 4) is 0 Å². The van der Waals surface area contributed by atoms with Gasteiger partial charge in [0, 0.05) is 11.4 Å². The van der Waals surface area contributed by atoms with E-state index in [1.165, 1.54) is 5.56 Å². The normalized spacial score (nSPS) is 15.1. The predicted octanol–water partition coefficient (Wildman–Crippen LogP) is 5.31. The van der Waals surface area contributed by atoms with Gasteiger partial charge in [-0.2, -0.15) is 0 Å². The molecule has 1 N–H and O–H groups in total. The Balaban J connectivity index is 2.42. The van der Waals surface area contributed by atoms with Crippen LogP contribution in [0.15, 0.2) is 36.4 Å². The summed E-state index contributed by atoms with van der Waals surface area (Å²) in [5.74, 6) is 0.423. The molecule has 0 aliphatic heterocycles. The Morgan fingerprint density at radius 1 is 1.05 bits per heavy atom. The van der Waals surface area contributed by atoms with Crippen LogP contribution in [0.1, 0.15) is 45.7 Å². The molecule has 0 aliphatic rings. The lowest BCUT2D eigenvalue weighted by Gasteiger charge is -2.31. The molecule has 1 nitrogen and oxygen atoms in total. The molecule has 2 atom stereocenters. The third-order valence-corrected chi connectivity index (χ3v) is 4.70. The zero-order valence-corrected chi connectivity index (χ0v) is 13.7. The van der Waals surface area contributed by atoms with Crippen LogP contribution >= 0.6 is 0 Å². The molecule has 2 rings (SSSR count). The summed E-state index contributed by atoms with van der Waals surface area (Å²) in [6.07, 6.45) is 1.04. The highest BCUT2D eigenvalue weighted by molar-refractivity contribution is 5.86. The van der Waals surface area contributed by atoms with Gasteiger partial charge in [0.25, 0.3) is 0 Å². The highest BCUT2D eigenvalue weighted by atomic mass is 19.1. The van der Waals surface area contributed by atoms with Crippen molar-refractivity contribution in [2.24, 2.45) is 11.3 Å². The van der Waals surface area contributed by atoms with Crippen LogP contribution in [0.2, 0.25) is 0 Å². The maximum Gasteiger partial charge on any atom is 0.131 e. The van der Waals surface area contributed by atoms with Gasteiger partial charge in [-0.25, -0.2) is 4.39 Å². The molecule has 0 aliphatic carbocycles. The topological polar surface area (TPSA) is 12.0 Å². The lowest BCUT2D eigenvalue weighted by Crippen LogP contribution is -2.25. The van der Waals surface area contributed by atoms with E-state index in [1.54, 1.807) is 6.07 Å². The molecule has 2 unspecified atom stereocenters. The van der Waals surface area contributed by atoms with Crippen molar-refractivity contribution in [1.82, 2.24) is 5.32 Å². The highest BCUT2D eigenvalue weighted by Gasteiger charge is 2.24. The first-order valence-corrected chi connectivity index (χ1v) is 7.69. The fraction of sp³-hybridized carbons (Fsp3) is 0.474. The van der Waals surface area contributed by atoms with E-state index >= 15 is 0 Å². The van der Waals surface area contributed by atoms with E-state index < -0.39 is 0 Å². The van der Waals surface area contributed by atoms with E-state index in [9.17, 15) is 4.39 Å². The summed E-state index contributed by atoms with van der Waals surface area (Å²) in [4.78, 5) is 0. The molecule has 0 bridgehead atoms. The van der Waals surface area contributed by atoms with Crippen LogP contribution in [0.25, 0.3) is 10.8 Å². The summed E-state index contributed by atoms with van der Waals surface area (Å²) < 4.78 is 14.0. The van der Waals surface area contributed by atoms with Gasteiger partial charge in [0.15, 0.2) is 0 Å². The number of rotatable bonds is 4. The Morgan fingerprint density at radius 2 is 1.67 bits per heavy atom. The van der Waals surface area contributed by atoms with Crippen molar-refractivity contribution in [1.29, 1.82) is 0 Å². The van der Waals surface area contributed by atoms with E-state index in [1.807, 2.05) is 37.4 Å². The summed E-state index contributed by atoms with van der Waals surface area (Å²) in [7, 11) is 1.98. The number of hydrogen-bond acceptors (Lipinski definition) is 1. The van der Waals surface area contributed by atoms with E-state index in [0.29, 0.717) is 11.3 Å². The van der Waals surface area contributed by atoms with Gasteiger partial charge in [-0.15, -0.1) is 0 Å². The summed E-state index contributed by atoms with van der Waals surface area (Å²) in [5.41, 5.74) is 1.45. The van der Waals surface area contributed by atoms with Crippen LogP contribution in [0, 0.1) is 17.2 Å². The molecule has 0 saturated carbocycles. The Kier molecular flexibility index (Phi) is 4.67. The molecule has 0 radical (unpaired) electrons. The molecule has 0 fully saturated rings. The Morgan fingerprint density at radius 3 is 2.24 bits per heavy atom. The van der Waals surface area contributed by atoms with Crippen LogP contribution < -0.4 is 5.32 Å². The minimum Gasteiger partial charge on any atom is -0.313 e. The molecule has 0 heterocycles. The Bertz CT molecular complexity index is 612. The van der Waals surface area contributed by atoms with Crippen molar-refractivity contribution in [3.05, 3.63) is 47.8 Å². The van der Waals surface area contributed by atoms with Crippen molar-refractivity contribution in [3.63, 3.8) is 0 Å². The third-order valence-electron chi connectivity index (χ3n) is 4.70. The molecule has 2 aromatic rings. The number of hydrogen-bond donors (Lipinski definition) is 1. The standard InChI is InChI=1S/C19H26FN/c1-13(19(2,3)4)12-18(21-5)16-10-11-17(20)15-9-7-6-8-14(15)16/h6-11,13,18,21H,12H2,1-5H3. The van der Waals surface area contributed by atoms with Crippen LogP contribution in [0.5, 0.6) is 0 Å². The van der Waals surface area contributed by atoms with Crippen LogP contribution in [0.4, 0.5) is 4.39 Å². The van der Waals surface area contributed by atoms with Gasteiger partial charge in [0.2, 0.25) is 0 Å². The molecule has 21 heavy (non-hydrogen) atoms. The zero-order chi connectivity index (χ0) is 15.6. The molecule has 0 saturated heterocycles. The number of fused-ring (bicyclic) bond motifs is 1. The molecule has 2 heteroatoms. The number of benzene rings is 2. The van der Waals surface area contributed by atoms with Gasteiger partial charge < -0.3 is 5.32 Å². The van der Waals surface area contributed by atoms with E-state index in [4.69, 9.17) is 0 Å². The summed E-state index contributed by atoms with van der Waals surface area (Å²) in [5, 5.41) is 5.13. The molecule has 0 spiro atoms. The monoisotopic (exact) mass is 287 g/mol. The van der Waals surface area contributed by atoms with E-state index in [0.717, 1.165) is 11.8 Å². The fourth-order valence-electron chi connectivity index (χ4n) is 2.70. The van der Waals surface area contributed by atoms with Gasteiger partial charge >= 0.3 is 0 Å². The Hall–Kier alpha value is -1.41. The van der Waals surface area contributed by atoms with Crippen LogP contribution in [-0.4, -0.2) is 7.05 Å². The second-order valence-electron chi connectivity index (χ2n) is 7.03. The molecule has 114 valence electrons. The average molecular weight is 287 g/mol. The second-order valence-corrected chi connectivity index (χ2v) is 7.03. The van der Waals surface area contributed by atoms with Crippen molar-refractivity contribution in [2.45, 2.75) is 40.2 Å². The highest BCUT2D eigenvalue weighted by Crippen LogP contribution is 2.35. The lowest BCUT2D eigenvalue weighted by molar-refractivity contribution is 0.226. The number of halogens is 1. The molecule has 2 aromatic carbocycles. The summed E-state index contributed by atoms with van der Waals surface area (Å²) in [6.45, 7) is 9.10. The second kappa shape index (κ2) is 6.15. The first kappa shape index (κ1) is 16.0. The van der Waals surface area contributed by atoms with Crippen molar-refractivity contribution in [2.75, 3.05) is 7.05 Å². The van der Waals surface area contributed by atoms with Gasteiger partial charge in [0.05, 0.1) is 0 Å². The summed E-state index contributed by atoms with van der Waals surface area (Å²) in [6, 6.07) is 11.5. The smallest absolute Gasteiger partial charge is 0.131 e. The van der Waals surface area contributed by atoms with Gasteiger partial charge in [0.1, 0.15) is 5.82 Å². The first-order valence-electron chi connectivity index (χ1n) is 7.69. The average Bonchev–Trinajstić information content (AvgIpc) is 2.45. The van der Waals surface area contributed by atoms with Gasteiger partial charge in [-0.1, -0.05) is 58.0 Å². The van der Waals surface area contributed by atoms with Gasteiger partial charge in [-0.05, 0) is 41.8 Å². The zero-order valence-electron chi connectivity index (χ0n) is 13.7. The first-order chi connectivity index (χ1) is 9.84. The van der Waals surface area contributed by atoms with Crippen LogP contribution in [-0.2, 0) is 0 Å². The quantitative estimate of drug-likeness (QED) is 0.803. The van der Waals surface area contributed by atoms with E-state index in [-0.39, 0.29) is 17.3 Å². The van der Waals surface area contributed by atoms with Crippen LogP contribution in [0.3, 0.4) is 0 Å². The number of nitrogens with one attached hydrogen (secondary N) is 1. The SMILES string of the molecule is CNC(CC(C)C(C)(C)C)c1ccc(F)c2ccccc12. The Labute approximate surface area is 127 Å². The van der Waals surface area contributed by atoms with Gasteiger partial charge in [-0.3, -0.25) is 0 Å². The maximum atomic E-state index is 14.0. The van der Waals surface area contributed by atoms with Crippen molar-refractivity contribution < 1.29 is 4.39 Å². The molecular formula is C19H26FN. The lowest BCUT2D eigenvalue weighted by atomic mass is 9.77. The predicted molar refractivity (Wildman–Crippen MR) is 88.9 cm³/mol. The minimum atomic E-state index is -0.145. The van der Waals surface area contributed by atoms with E-state index in [2.05, 4.69) is 33.0 Å². The molecule has 0 amide bonds. The maximum absolute atomic E-state index is 14.0. The van der Waals surface area contributed by atoms with Crippen molar-refractivity contribution >= 4 is 10.8 Å². The summed E-state index contributed by atoms with van der Waals surface area (Å²) >= 11 is 0. The minimum absolute atomic E-state index is 0.145. The fourth-order valence-corrected chi connectivity index (χ4v) is 2.70. The third kappa shape index (κ3) is 3.44. The largest absolute Gasteiger partial charge is 0.313 e.